The van der Waals surface area contributed by atoms with Crippen LogP contribution in [-0.2, 0) is 6.54 Å². The maximum absolute atomic E-state index is 13.1. The molecule has 0 atom stereocenters. The first kappa shape index (κ1) is 19.3. The van der Waals surface area contributed by atoms with E-state index in [-0.39, 0.29) is 11.4 Å². The lowest BCUT2D eigenvalue weighted by Crippen LogP contribution is -2.04. The number of benzene rings is 2. The van der Waals surface area contributed by atoms with Gasteiger partial charge in [-0.25, -0.2) is 19.2 Å². The number of carbonyl (C=O) groups is 1. The number of nitrogens with zero attached hydrogens (tertiary/aromatic N) is 2. The Kier molecular flexibility index (Phi) is 5.17. The van der Waals surface area contributed by atoms with Gasteiger partial charge in [-0.15, -0.1) is 11.3 Å². The SMILES string of the molecule is Cc1sc2nc(-c3ccc(C(=O)O)cc3)nc(NCc3ccc(F)cc3)c2c1Cl. The van der Waals surface area contributed by atoms with Gasteiger partial charge in [-0.05, 0) is 36.8 Å². The lowest BCUT2D eigenvalue weighted by Gasteiger charge is -2.10. The van der Waals surface area contributed by atoms with Gasteiger partial charge in [0.1, 0.15) is 16.5 Å². The molecule has 0 radical (unpaired) electrons. The number of carboxylic acids is 1. The molecule has 4 aromatic rings. The van der Waals surface area contributed by atoms with E-state index in [4.69, 9.17) is 16.7 Å². The molecule has 8 heteroatoms. The molecule has 0 saturated heterocycles. The normalized spacial score (nSPS) is 11.0. The van der Waals surface area contributed by atoms with Gasteiger partial charge in [0.15, 0.2) is 5.82 Å². The highest BCUT2D eigenvalue weighted by Gasteiger charge is 2.17. The van der Waals surface area contributed by atoms with E-state index in [2.05, 4.69) is 15.3 Å². The summed E-state index contributed by atoms with van der Waals surface area (Å²) in [6.07, 6.45) is 0. The number of hydrogen-bond donors (Lipinski definition) is 2. The molecule has 0 bridgehead atoms. The van der Waals surface area contributed by atoms with E-state index in [1.807, 2.05) is 6.92 Å². The summed E-state index contributed by atoms with van der Waals surface area (Å²) >= 11 is 7.95. The number of thiophene rings is 1. The van der Waals surface area contributed by atoms with Crippen LogP contribution >= 0.6 is 22.9 Å². The number of anilines is 1. The van der Waals surface area contributed by atoms with Crippen LogP contribution in [0.4, 0.5) is 10.2 Å². The van der Waals surface area contributed by atoms with Crippen molar-refractivity contribution in [3.8, 4) is 11.4 Å². The standard InChI is InChI=1S/C21H15ClFN3O2S/c1-11-17(22)16-19(24-10-12-2-8-15(23)9-3-12)25-18(26-20(16)29-11)13-4-6-14(7-5-13)21(27)28/h2-9H,10H2,1H3,(H,27,28)(H,24,25,26). The van der Waals surface area contributed by atoms with Crippen LogP contribution in [0.2, 0.25) is 5.02 Å². The Morgan fingerprint density at radius 2 is 1.83 bits per heavy atom. The highest BCUT2D eigenvalue weighted by molar-refractivity contribution is 7.19. The highest BCUT2D eigenvalue weighted by Crippen LogP contribution is 2.38. The Morgan fingerprint density at radius 1 is 1.14 bits per heavy atom. The number of carboxylic acid groups (broad SMARTS) is 1. The van der Waals surface area contributed by atoms with E-state index in [9.17, 15) is 9.18 Å². The lowest BCUT2D eigenvalue weighted by atomic mass is 10.1. The summed E-state index contributed by atoms with van der Waals surface area (Å²) in [6, 6.07) is 12.6. The monoisotopic (exact) mass is 427 g/mol. The number of rotatable bonds is 5. The van der Waals surface area contributed by atoms with Gasteiger partial charge < -0.3 is 10.4 Å². The number of halogens is 2. The van der Waals surface area contributed by atoms with E-state index in [1.165, 1.54) is 35.6 Å². The van der Waals surface area contributed by atoms with Crippen molar-refractivity contribution in [2.24, 2.45) is 0 Å². The third-order valence-corrected chi connectivity index (χ3v) is 6.00. The molecule has 0 unspecified atom stereocenters. The molecule has 2 heterocycles. The Morgan fingerprint density at radius 3 is 2.48 bits per heavy atom. The highest BCUT2D eigenvalue weighted by atomic mass is 35.5. The average Bonchev–Trinajstić information content (AvgIpc) is 3.01. The zero-order chi connectivity index (χ0) is 20.5. The van der Waals surface area contributed by atoms with E-state index < -0.39 is 5.97 Å². The van der Waals surface area contributed by atoms with E-state index >= 15 is 0 Å². The van der Waals surface area contributed by atoms with Crippen LogP contribution < -0.4 is 5.32 Å². The molecule has 4 rings (SSSR count). The van der Waals surface area contributed by atoms with Gasteiger partial charge in [-0.1, -0.05) is 35.9 Å². The van der Waals surface area contributed by atoms with Crippen molar-refractivity contribution in [2.75, 3.05) is 5.32 Å². The van der Waals surface area contributed by atoms with Crippen LogP contribution in [-0.4, -0.2) is 21.0 Å². The molecule has 29 heavy (non-hydrogen) atoms. The maximum atomic E-state index is 13.1. The molecule has 0 aliphatic rings. The minimum atomic E-state index is -0.991. The maximum Gasteiger partial charge on any atom is 0.335 e. The topological polar surface area (TPSA) is 75.1 Å². The molecule has 0 aliphatic heterocycles. The predicted molar refractivity (Wildman–Crippen MR) is 113 cm³/mol. The fraction of sp³-hybridized carbons (Fsp3) is 0.0952. The molecule has 0 amide bonds. The molecular formula is C21H15ClFN3O2S. The third-order valence-electron chi connectivity index (χ3n) is 4.42. The van der Waals surface area contributed by atoms with Gasteiger partial charge in [-0.2, -0.15) is 0 Å². The third kappa shape index (κ3) is 3.92. The molecule has 0 saturated carbocycles. The van der Waals surface area contributed by atoms with Crippen LogP contribution in [0.1, 0.15) is 20.8 Å². The van der Waals surface area contributed by atoms with E-state index in [1.54, 1.807) is 24.3 Å². The predicted octanol–water partition coefficient (Wildman–Crippen LogP) is 5.77. The fourth-order valence-electron chi connectivity index (χ4n) is 2.88. The molecule has 146 valence electrons. The van der Waals surface area contributed by atoms with Crippen molar-refractivity contribution >= 4 is 44.9 Å². The number of fused-ring (bicyclic) bond motifs is 1. The number of aromatic carboxylic acids is 1. The lowest BCUT2D eigenvalue weighted by molar-refractivity contribution is 0.0697. The first-order valence-electron chi connectivity index (χ1n) is 8.71. The van der Waals surface area contributed by atoms with Crippen LogP contribution in [0.25, 0.3) is 21.6 Å². The van der Waals surface area contributed by atoms with Gasteiger partial charge in [0.25, 0.3) is 0 Å². The molecule has 2 aromatic carbocycles. The van der Waals surface area contributed by atoms with Crippen LogP contribution in [0.15, 0.2) is 48.5 Å². The fourth-order valence-corrected chi connectivity index (χ4v) is 4.15. The zero-order valence-corrected chi connectivity index (χ0v) is 16.8. The second-order valence-electron chi connectivity index (χ2n) is 6.41. The van der Waals surface area contributed by atoms with Crippen molar-refractivity contribution in [2.45, 2.75) is 13.5 Å². The summed E-state index contributed by atoms with van der Waals surface area (Å²) in [4.78, 5) is 22.0. The van der Waals surface area contributed by atoms with Crippen LogP contribution in [0.5, 0.6) is 0 Å². The van der Waals surface area contributed by atoms with Gasteiger partial charge in [0, 0.05) is 17.0 Å². The second kappa shape index (κ2) is 7.77. The Labute approximate surface area is 174 Å². The van der Waals surface area contributed by atoms with Crippen LogP contribution in [0, 0.1) is 12.7 Å². The van der Waals surface area contributed by atoms with Crippen molar-refractivity contribution in [3.05, 3.63) is 75.4 Å². The van der Waals surface area contributed by atoms with Gasteiger partial charge in [0.2, 0.25) is 0 Å². The number of aromatic nitrogens is 2. The summed E-state index contributed by atoms with van der Waals surface area (Å²) in [6.45, 7) is 2.36. The second-order valence-corrected chi connectivity index (χ2v) is 7.99. The van der Waals surface area contributed by atoms with Crippen molar-refractivity contribution < 1.29 is 14.3 Å². The first-order chi connectivity index (χ1) is 13.9. The molecular weight excluding hydrogens is 413 g/mol. The van der Waals surface area contributed by atoms with Crippen molar-refractivity contribution in [3.63, 3.8) is 0 Å². The molecule has 0 spiro atoms. The van der Waals surface area contributed by atoms with Gasteiger partial charge >= 0.3 is 5.97 Å². The van der Waals surface area contributed by atoms with E-state index in [0.29, 0.717) is 28.8 Å². The Bertz CT molecular complexity index is 1210. The largest absolute Gasteiger partial charge is 0.478 e. The number of nitrogens with one attached hydrogen (secondary N) is 1. The summed E-state index contributed by atoms with van der Waals surface area (Å²) in [7, 11) is 0. The smallest absolute Gasteiger partial charge is 0.335 e. The van der Waals surface area contributed by atoms with Gasteiger partial charge in [-0.3, -0.25) is 0 Å². The van der Waals surface area contributed by atoms with Gasteiger partial charge in [0.05, 0.1) is 16.0 Å². The summed E-state index contributed by atoms with van der Waals surface area (Å²) in [5.74, 6) is -0.239. The summed E-state index contributed by atoms with van der Waals surface area (Å²) < 4.78 is 13.1. The quantitative estimate of drug-likeness (QED) is 0.423. The minimum Gasteiger partial charge on any atom is -0.478 e. The number of hydrogen-bond acceptors (Lipinski definition) is 5. The minimum absolute atomic E-state index is 0.194. The van der Waals surface area contributed by atoms with Crippen molar-refractivity contribution in [1.82, 2.24) is 9.97 Å². The van der Waals surface area contributed by atoms with Crippen molar-refractivity contribution in [1.29, 1.82) is 0 Å². The molecule has 2 N–H and O–H groups in total. The average molecular weight is 428 g/mol. The Balaban J connectivity index is 1.74. The Hall–Kier alpha value is -3.03. The van der Waals surface area contributed by atoms with Crippen LogP contribution in [0.3, 0.4) is 0 Å². The molecule has 2 aromatic heterocycles. The molecule has 0 aliphatic carbocycles. The molecule has 5 nitrogen and oxygen atoms in total. The summed E-state index contributed by atoms with van der Waals surface area (Å²) in [5.41, 5.74) is 1.79. The zero-order valence-electron chi connectivity index (χ0n) is 15.2. The number of aryl methyl sites for hydroxylation is 1. The van der Waals surface area contributed by atoms with E-state index in [0.717, 1.165) is 20.7 Å². The molecule has 0 fully saturated rings. The first-order valence-corrected chi connectivity index (χ1v) is 9.90. The summed E-state index contributed by atoms with van der Waals surface area (Å²) in [5, 5.41) is 13.7.